The third-order valence-electron chi connectivity index (χ3n) is 1.27. The van der Waals surface area contributed by atoms with Crippen LogP contribution in [0.15, 0.2) is 23.2 Å². The Kier molecular flexibility index (Phi) is 3.05. The molecule has 0 atom stereocenters. The molecule has 0 aliphatic rings. The van der Waals surface area contributed by atoms with E-state index in [0.29, 0.717) is 5.69 Å². The van der Waals surface area contributed by atoms with Gasteiger partial charge in [0.25, 0.3) is 0 Å². The number of rotatable bonds is 1. The van der Waals surface area contributed by atoms with Crippen LogP contribution >= 0.6 is 11.6 Å². The van der Waals surface area contributed by atoms with Crippen molar-refractivity contribution >= 4 is 23.2 Å². The lowest BCUT2D eigenvalue weighted by Crippen LogP contribution is -2.27. The van der Waals surface area contributed by atoms with Crippen LogP contribution < -0.4 is 11.2 Å². The number of nitrogens with one attached hydrogen (secondary N) is 1. The summed E-state index contributed by atoms with van der Waals surface area (Å²) in [5.41, 5.74) is 7.14. The fourth-order valence-electron chi connectivity index (χ4n) is 0.719. The zero-order valence-electron chi connectivity index (χ0n) is 6.46. The quantitative estimate of drug-likeness (QED) is 0.367. The molecule has 0 saturated carbocycles. The molecule has 0 amide bonds. The fourth-order valence-corrected chi connectivity index (χ4v) is 0.893. The molecule has 0 aromatic heterocycles. The van der Waals surface area contributed by atoms with E-state index in [4.69, 9.17) is 22.5 Å². The van der Waals surface area contributed by atoms with E-state index >= 15 is 0 Å². The normalized spacial score (nSPS) is 11.5. The maximum absolute atomic E-state index is 12.6. The van der Waals surface area contributed by atoms with Crippen LogP contribution in [0.4, 0.5) is 10.1 Å². The first kappa shape index (κ1) is 9.76. The Morgan fingerprint density at radius 2 is 2.31 bits per heavy atom. The fraction of sp³-hybridized carbons (Fsp3) is 0. The Morgan fingerprint density at radius 1 is 1.62 bits per heavy atom. The lowest BCUT2D eigenvalue weighted by Gasteiger charge is -1.98. The first-order valence-electron chi connectivity index (χ1n) is 3.33. The van der Waals surface area contributed by atoms with Crippen LogP contribution in [0.3, 0.4) is 0 Å². The Balaban J connectivity index is 2.98. The average Bonchev–Trinajstić information content (AvgIpc) is 2.11. The predicted molar refractivity (Wildman–Crippen MR) is 47.6 cm³/mol. The summed E-state index contributed by atoms with van der Waals surface area (Å²) >= 11 is 5.47. The molecule has 6 heteroatoms. The highest BCUT2D eigenvalue weighted by atomic mass is 35.5. The molecule has 0 radical (unpaired) electrons. The molecule has 70 valence electrons. The number of nitrogens with zero attached hydrogens (tertiary/aromatic N) is 1. The third-order valence-corrected chi connectivity index (χ3v) is 1.56. The van der Waals surface area contributed by atoms with Crippen molar-refractivity contribution < 1.29 is 9.60 Å². The van der Waals surface area contributed by atoms with Gasteiger partial charge in [-0.15, -0.1) is 0 Å². The van der Waals surface area contributed by atoms with Crippen LogP contribution in [0.2, 0.25) is 5.02 Å². The smallest absolute Gasteiger partial charge is 0.218 e. The molecule has 1 aromatic rings. The van der Waals surface area contributed by atoms with Gasteiger partial charge in [0.15, 0.2) is 0 Å². The molecule has 13 heavy (non-hydrogen) atoms. The number of benzene rings is 1. The molecule has 0 spiro atoms. The molecular weight excluding hydrogens is 197 g/mol. The average molecular weight is 204 g/mol. The second-order valence-corrected chi connectivity index (χ2v) is 2.61. The standard InChI is InChI=1S/C7H7ClFN3O/c8-5-3-4(1-2-6(5)9)11-7(10)12-13/h1-3,13H,(H3,10,11,12). The number of aliphatic imine (C=N–C) groups is 1. The minimum Gasteiger partial charge on any atom is -0.368 e. The van der Waals surface area contributed by atoms with Gasteiger partial charge in [-0.1, -0.05) is 11.6 Å². The van der Waals surface area contributed by atoms with Crippen molar-refractivity contribution in [1.29, 1.82) is 0 Å². The van der Waals surface area contributed by atoms with E-state index in [1.807, 2.05) is 0 Å². The summed E-state index contributed by atoms with van der Waals surface area (Å²) in [6.07, 6.45) is 0. The van der Waals surface area contributed by atoms with Crippen molar-refractivity contribution in [2.75, 3.05) is 0 Å². The zero-order valence-corrected chi connectivity index (χ0v) is 7.22. The number of halogens is 2. The Morgan fingerprint density at radius 3 is 2.85 bits per heavy atom. The SMILES string of the molecule is NC(=Nc1ccc(F)c(Cl)c1)NO. The lowest BCUT2D eigenvalue weighted by molar-refractivity contribution is 0.233. The Labute approximate surface area is 78.8 Å². The Bertz CT molecular complexity index is 343. The minimum absolute atomic E-state index is 0.0491. The largest absolute Gasteiger partial charge is 0.368 e. The molecule has 0 unspecified atom stereocenters. The van der Waals surface area contributed by atoms with Crippen molar-refractivity contribution in [2.24, 2.45) is 10.7 Å². The van der Waals surface area contributed by atoms with Gasteiger partial charge in [-0.2, -0.15) is 0 Å². The summed E-state index contributed by atoms with van der Waals surface area (Å²) in [6, 6.07) is 3.83. The number of hydrogen-bond acceptors (Lipinski definition) is 2. The highest BCUT2D eigenvalue weighted by molar-refractivity contribution is 6.31. The van der Waals surface area contributed by atoms with Gasteiger partial charge in [0.05, 0.1) is 10.7 Å². The van der Waals surface area contributed by atoms with Gasteiger partial charge >= 0.3 is 0 Å². The van der Waals surface area contributed by atoms with Crippen molar-refractivity contribution in [3.8, 4) is 0 Å². The summed E-state index contributed by atoms with van der Waals surface area (Å²) in [6.45, 7) is 0. The van der Waals surface area contributed by atoms with Gasteiger partial charge in [-0.25, -0.2) is 14.9 Å². The number of hydrogen-bond donors (Lipinski definition) is 3. The summed E-state index contributed by atoms with van der Waals surface area (Å²) in [5, 5.41) is 8.26. The van der Waals surface area contributed by atoms with Crippen LogP contribution in [0.5, 0.6) is 0 Å². The second kappa shape index (κ2) is 4.06. The molecule has 1 rings (SSSR count). The van der Waals surface area contributed by atoms with E-state index in [9.17, 15) is 4.39 Å². The lowest BCUT2D eigenvalue weighted by atomic mass is 10.3. The van der Waals surface area contributed by atoms with E-state index in [0.717, 1.165) is 6.07 Å². The molecule has 4 N–H and O–H groups in total. The van der Waals surface area contributed by atoms with E-state index in [-0.39, 0.29) is 11.0 Å². The molecule has 0 aliphatic carbocycles. The first-order valence-corrected chi connectivity index (χ1v) is 3.70. The van der Waals surface area contributed by atoms with E-state index < -0.39 is 5.82 Å². The van der Waals surface area contributed by atoms with Gasteiger partial charge < -0.3 is 5.73 Å². The van der Waals surface area contributed by atoms with E-state index in [1.54, 1.807) is 5.48 Å². The van der Waals surface area contributed by atoms with Crippen LogP contribution in [-0.2, 0) is 0 Å². The zero-order chi connectivity index (χ0) is 9.84. The number of hydroxylamine groups is 1. The molecule has 0 fully saturated rings. The number of guanidine groups is 1. The summed E-state index contributed by atoms with van der Waals surface area (Å²) < 4.78 is 12.6. The van der Waals surface area contributed by atoms with Gasteiger partial charge in [0, 0.05) is 0 Å². The Hall–Kier alpha value is -1.33. The molecule has 4 nitrogen and oxygen atoms in total. The third kappa shape index (κ3) is 2.57. The van der Waals surface area contributed by atoms with E-state index in [2.05, 4.69) is 4.99 Å². The molecule has 0 heterocycles. The monoisotopic (exact) mass is 203 g/mol. The molecule has 0 saturated heterocycles. The molecule has 1 aromatic carbocycles. The van der Waals surface area contributed by atoms with E-state index in [1.165, 1.54) is 12.1 Å². The maximum Gasteiger partial charge on any atom is 0.218 e. The maximum atomic E-state index is 12.6. The van der Waals surface area contributed by atoms with Crippen molar-refractivity contribution in [1.82, 2.24) is 5.48 Å². The van der Waals surface area contributed by atoms with Crippen molar-refractivity contribution in [2.45, 2.75) is 0 Å². The first-order chi connectivity index (χ1) is 6.13. The van der Waals surface area contributed by atoms with Gasteiger partial charge in [-0.05, 0) is 18.2 Å². The summed E-state index contributed by atoms with van der Waals surface area (Å²) in [4.78, 5) is 3.66. The molecule has 0 aliphatic heterocycles. The van der Waals surface area contributed by atoms with Crippen LogP contribution in [0.1, 0.15) is 0 Å². The predicted octanol–water partition coefficient (Wildman–Crippen LogP) is 1.40. The summed E-state index contributed by atoms with van der Waals surface area (Å²) in [7, 11) is 0. The highest BCUT2D eigenvalue weighted by Gasteiger charge is 1.99. The molecular formula is C7H7ClFN3O. The van der Waals surface area contributed by atoms with Crippen molar-refractivity contribution in [3.05, 3.63) is 29.0 Å². The van der Waals surface area contributed by atoms with Gasteiger partial charge in [0.2, 0.25) is 5.96 Å². The number of nitrogens with two attached hydrogens (primary N) is 1. The van der Waals surface area contributed by atoms with Crippen LogP contribution in [-0.4, -0.2) is 11.2 Å². The van der Waals surface area contributed by atoms with Gasteiger partial charge in [-0.3, -0.25) is 5.21 Å². The van der Waals surface area contributed by atoms with Crippen molar-refractivity contribution in [3.63, 3.8) is 0 Å². The molecule has 0 bridgehead atoms. The minimum atomic E-state index is -0.531. The highest BCUT2D eigenvalue weighted by Crippen LogP contribution is 2.21. The topological polar surface area (TPSA) is 70.6 Å². The summed E-state index contributed by atoms with van der Waals surface area (Å²) in [5.74, 6) is -0.723. The second-order valence-electron chi connectivity index (χ2n) is 2.21. The van der Waals surface area contributed by atoms with Gasteiger partial charge in [0.1, 0.15) is 5.82 Å². The van der Waals surface area contributed by atoms with Crippen LogP contribution in [0.25, 0.3) is 0 Å². The van der Waals surface area contributed by atoms with Crippen LogP contribution in [0, 0.1) is 5.82 Å².